The highest BCUT2D eigenvalue weighted by atomic mass is 127. The molecule has 0 aromatic heterocycles. The van der Waals surface area contributed by atoms with Crippen LogP contribution in [-0.2, 0) is 17.8 Å². The number of carboxylic acids is 1. The summed E-state index contributed by atoms with van der Waals surface area (Å²) in [5, 5.41) is 9.52. The number of halogens is 1. The zero-order chi connectivity index (χ0) is 17.5. The topological polar surface area (TPSA) is 49.8 Å². The lowest BCUT2D eigenvalue weighted by atomic mass is 10.0. The lowest BCUT2D eigenvalue weighted by Gasteiger charge is -2.24. The zero-order valence-electron chi connectivity index (χ0n) is 13.9. The van der Waals surface area contributed by atoms with E-state index in [9.17, 15) is 9.90 Å². The molecule has 1 atom stereocenters. The maximum atomic E-state index is 11.6. The Morgan fingerprint density at radius 2 is 1.96 bits per heavy atom. The van der Waals surface area contributed by atoms with E-state index in [1.807, 2.05) is 67.4 Å². The molecule has 2 aromatic carbocycles. The zero-order valence-corrected chi connectivity index (χ0v) is 16.1. The van der Waals surface area contributed by atoms with E-state index in [2.05, 4.69) is 22.6 Å². The van der Waals surface area contributed by atoms with Gasteiger partial charge < -0.3 is 9.84 Å². The molecule has 4 nitrogen and oxygen atoms in total. The molecular formula is C19H22INO3. The molecule has 0 aliphatic rings. The minimum atomic E-state index is -0.813. The van der Waals surface area contributed by atoms with Crippen molar-refractivity contribution in [3.05, 3.63) is 63.2 Å². The van der Waals surface area contributed by atoms with E-state index < -0.39 is 12.0 Å². The molecule has 128 valence electrons. The van der Waals surface area contributed by atoms with Crippen molar-refractivity contribution in [1.29, 1.82) is 0 Å². The summed E-state index contributed by atoms with van der Waals surface area (Å²) in [6, 6.07) is 15.3. The third-order valence-corrected chi connectivity index (χ3v) is 4.66. The molecule has 0 bridgehead atoms. The fourth-order valence-corrected chi connectivity index (χ4v) is 3.00. The Kier molecular flexibility index (Phi) is 7.05. The molecule has 0 fully saturated rings. The Balaban J connectivity index is 2.19. The molecule has 1 N–H and O–H groups in total. The Hall–Kier alpha value is -1.60. The van der Waals surface area contributed by atoms with Gasteiger partial charge in [0.2, 0.25) is 0 Å². The molecule has 0 radical (unpaired) electrons. The van der Waals surface area contributed by atoms with Crippen LogP contribution in [0.25, 0.3) is 0 Å². The van der Waals surface area contributed by atoms with Crippen LogP contribution in [0.5, 0.6) is 5.75 Å². The van der Waals surface area contributed by atoms with E-state index in [4.69, 9.17) is 4.74 Å². The number of hydrogen-bond acceptors (Lipinski definition) is 3. The van der Waals surface area contributed by atoms with Gasteiger partial charge in [-0.2, -0.15) is 0 Å². The molecule has 0 spiro atoms. The number of benzene rings is 2. The minimum Gasteiger partial charge on any atom is -0.489 e. The minimum absolute atomic E-state index is 0.417. The summed E-state index contributed by atoms with van der Waals surface area (Å²) in [4.78, 5) is 13.4. The molecule has 5 heteroatoms. The molecule has 0 amide bonds. The number of rotatable bonds is 8. The monoisotopic (exact) mass is 439 g/mol. The van der Waals surface area contributed by atoms with Crippen molar-refractivity contribution in [2.75, 3.05) is 13.6 Å². The quantitative estimate of drug-likeness (QED) is 0.636. The number of carbonyl (C=O) groups is 1. The van der Waals surface area contributed by atoms with Crippen LogP contribution in [0.3, 0.4) is 0 Å². The molecule has 2 aromatic rings. The standard InChI is InChI=1S/C19H22INO3/c1-3-21(2)17(19(22)23)12-15-11-16(20)9-10-18(15)24-13-14-7-5-4-6-8-14/h4-11,17H,3,12-13H2,1-2H3,(H,22,23)/t17-/m0/s1. The fourth-order valence-electron chi connectivity index (χ4n) is 2.44. The normalized spacial score (nSPS) is 12.2. The first-order chi connectivity index (χ1) is 11.5. The number of hydrogen-bond donors (Lipinski definition) is 1. The molecule has 0 heterocycles. The van der Waals surface area contributed by atoms with Gasteiger partial charge in [0.25, 0.3) is 0 Å². The number of likely N-dealkylation sites (N-methyl/N-ethyl adjacent to an activating group) is 1. The molecule has 0 aliphatic carbocycles. The second-order valence-corrected chi connectivity index (χ2v) is 6.90. The number of ether oxygens (including phenoxy) is 1. The number of carboxylic acid groups (broad SMARTS) is 1. The van der Waals surface area contributed by atoms with Crippen LogP contribution in [0.4, 0.5) is 0 Å². The highest BCUT2D eigenvalue weighted by molar-refractivity contribution is 14.1. The predicted molar refractivity (Wildman–Crippen MR) is 103 cm³/mol. The van der Waals surface area contributed by atoms with Gasteiger partial charge in [0.05, 0.1) is 0 Å². The first kappa shape index (κ1) is 18.7. The number of aliphatic carboxylic acids is 1. The van der Waals surface area contributed by atoms with E-state index in [1.165, 1.54) is 0 Å². The third kappa shape index (κ3) is 5.21. The van der Waals surface area contributed by atoms with E-state index in [-0.39, 0.29) is 0 Å². The molecular weight excluding hydrogens is 417 g/mol. The highest BCUT2D eigenvalue weighted by Crippen LogP contribution is 2.25. The Bertz CT molecular complexity index is 676. The van der Waals surface area contributed by atoms with Gasteiger partial charge in [-0.05, 0) is 65.5 Å². The average Bonchev–Trinajstić information content (AvgIpc) is 2.58. The first-order valence-electron chi connectivity index (χ1n) is 7.89. The van der Waals surface area contributed by atoms with Gasteiger partial charge >= 0.3 is 5.97 Å². The third-order valence-electron chi connectivity index (χ3n) is 3.99. The summed E-state index contributed by atoms with van der Waals surface area (Å²) in [6.45, 7) is 3.11. The molecule has 0 saturated carbocycles. The van der Waals surface area contributed by atoms with Crippen LogP contribution >= 0.6 is 22.6 Å². The predicted octanol–water partition coefficient (Wildman–Crippen LogP) is 3.82. The van der Waals surface area contributed by atoms with Gasteiger partial charge in [-0.25, -0.2) is 0 Å². The van der Waals surface area contributed by atoms with Gasteiger partial charge in [0.1, 0.15) is 18.4 Å². The maximum absolute atomic E-state index is 11.6. The van der Waals surface area contributed by atoms with Crippen LogP contribution in [0, 0.1) is 3.57 Å². The van der Waals surface area contributed by atoms with Gasteiger partial charge in [0, 0.05) is 9.99 Å². The Labute approximate surface area is 156 Å². The van der Waals surface area contributed by atoms with Crippen molar-refractivity contribution < 1.29 is 14.6 Å². The van der Waals surface area contributed by atoms with Crippen LogP contribution in [0.2, 0.25) is 0 Å². The van der Waals surface area contributed by atoms with Crippen LogP contribution in [-0.4, -0.2) is 35.6 Å². The van der Waals surface area contributed by atoms with Crippen molar-refractivity contribution in [2.45, 2.75) is 26.0 Å². The Morgan fingerprint density at radius 3 is 2.58 bits per heavy atom. The summed E-state index contributed by atoms with van der Waals surface area (Å²) in [7, 11) is 1.83. The largest absolute Gasteiger partial charge is 0.489 e. The summed E-state index contributed by atoms with van der Waals surface area (Å²) in [5.41, 5.74) is 2.01. The Morgan fingerprint density at radius 1 is 1.25 bits per heavy atom. The van der Waals surface area contributed by atoms with E-state index in [0.29, 0.717) is 19.6 Å². The van der Waals surface area contributed by atoms with Crippen LogP contribution < -0.4 is 4.74 Å². The number of nitrogens with zero attached hydrogens (tertiary/aromatic N) is 1. The molecule has 0 unspecified atom stereocenters. The molecule has 2 rings (SSSR count). The van der Waals surface area contributed by atoms with Crippen molar-refractivity contribution in [1.82, 2.24) is 4.90 Å². The van der Waals surface area contributed by atoms with E-state index in [1.54, 1.807) is 0 Å². The summed E-state index contributed by atoms with van der Waals surface area (Å²) < 4.78 is 7.02. The first-order valence-corrected chi connectivity index (χ1v) is 8.97. The van der Waals surface area contributed by atoms with Gasteiger partial charge in [-0.15, -0.1) is 0 Å². The van der Waals surface area contributed by atoms with Crippen molar-refractivity contribution in [3.63, 3.8) is 0 Å². The smallest absolute Gasteiger partial charge is 0.321 e. The second kappa shape index (κ2) is 9.03. The fraction of sp³-hybridized carbons (Fsp3) is 0.316. The second-order valence-electron chi connectivity index (χ2n) is 5.66. The maximum Gasteiger partial charge on any atom is 0.321 e. The van der Waals surface area contributed by atoms with Gasteiger partial charge in [-0.1, -0.05) is 37.3 Å². The highest BCUT2D eigenvalue weighted by Gasteiger charge is 2.23. The van der Waals surface area contributed by atoms with Crippen LogP contribution in [0.15, 0.2) is 48.5 Å². The van der Waals surface area contributed by atoms with Crippen molar-refractivity contribution in [2.24, 2.45) is 0 Å². The average molecular weight is 439 g/mol. The van der Waals surface area contributed by atoms with Crippen molar-refractivity contribution in [3.8, 4) is 5.75 Å². The van der Waals surface area contributed by atoms with E-state index in [0.717, 1.165) is 20.4 Å². The summed E-state index contributed by atoms with van der Waals surface area (Å²) in [6.07, 6.45) is 0.417. The van der Waals surface area contributed by atoms with Crippen molar-refractivity contribution >= 4 is 28.6 Å². The van der Waals surface area contributed by atoms with E-state index >= 15 is 0 Å². The van der Waals surface area contributed by atoms with Gasteiger partial charge in [0.15, 0.2) is 0 Å². The van der Waals surface area contributed by atoms with Gasteiger partial charge in [-0.3, -0.25) is 9.69 Å². The SMILES string of the molecule is CCN(C)[C@@H](Cc1cc(I)ccc1OCc1ccccc1)C(=O)O. The van der Waals surface area contributed by atoms with Crippen LogP contribution in [0.1, 0.15) is 18.1 Å². The molecule has 0 aliphatic heterocycles. The summed E-state index contributed by atoms with van der Waals surface area (Å²) in [5.74, 6) is -0.0674. The lowest BCUT2D eigenvalue weighted by Crippen LogP contribution is -2.40. The summed E-state index contributed by atoms with van der Waals surface area (Å²) >= 11 is 2.24. The molecule has 0 saturated heterocycles. The molecule has 24 heavy (non-hydrogen) atoms. The lowest BCUT2D eigenvalue weighted by molar-refractivity contribution is -0.142.